The molecule has 6 heteroatoms. The maximum atomic E-state index is 11.6. The van der Waals surface area contributed by atoms with Crippen molar-refractivity contribution in [2.45, 2.75) is 26.7 Å². The second kappa shape index (κ2) is 6.75. The van der Waals surface area contributed by atoms with Gasteiger partial charge in [0, 0.05) is 5.69 Å². The van der Waals surface area contributed by atoms with E-state index in [1.807, 2.05) is 44.5 Å². The third-order valence-electron chi connectivity index (χ3n) is 2.53. The van der Waals surface area contributed by atoms with E-state index in [2.05, 4.69) is 10.2 Å². The standard InChI is InChI=1S/C13H18N2O4/c1-8(2)10-6-4-5-9(3)12(10)14-13(18)15-19-7-11(16)17/h4-6,8H,7H2,1-3H3,(H,16,17)(H2,14,15,18). The first-order chi connectivity index (χ1) is 8.91. The van der Waals surface area contributed by atoms with Gasteiger partial charge in [0.05, 0.1) is 0 Å². The fraction of sp³-hybridized carbons (Fsp3) is 0.385. The van der Waals surface area contributed by atoms with Gasteiger partial charge in [-0.1, -0.05) is 32.0 Å². The van der Waals surface area contributed by atoms with Crippen molar-refractivity contribution in [3.8, 4) is 0 Å². The van der Waals surface area contributed by atoms with Crippen LogP contribution in [-0.4, -0.2) is 23.7 Å². The number of carboxylic acid groups (broad SMARTS) is 1. The zero-order chi connectivity index (χ0) is 14.4. The highest BCUT2D eigenvalue weighted by Gasteiger charge is 2.12. The van der Waals surface area contributed by atoms with Gasteiger partial charge in [-0.15, -0.1) is 0 Å². The van der Waals surface area contributed by atoms with Crippen LogP contribution in [-0.2, 0) is 9.63 Å². The second-order valence-electron chi connectivity index (χ2n) is 4.43. The minimum absolute atomic E-state index is 0.259. The second-order valence-corrected chi connectivity index (χ2v) is 4.43. The average molecular weight is 266 g/mol. The summed E-state index contributed by atoms with van der Waals surface area (Å²) in [7, 11) is 0. The molecular formula is C13H18N2O4. The SMILES string of the molecule is Cc1cccc(C(C)C)c1NC(=O)NOCC(=O)O. The highest BCUT2D eigenvalue weighted by Crippen LogP contribution is 2.27. The number of aryl methyl sites for hydroxylation is 1. The first kappa shape index (κ1) is 15.0. The normalized spacial score (nSPS) is 10.3. The molecule has 0 spiro atoms. The number of carboxylic acids is 1. The van der Waals surface area contributed by atoms with Crippen LogP contribution in [0.2, 0.25) is 0 Å². The molecule has 6 nitrogen and oxygen atoms in total. The number of nitrogens with one attached hydrogen (secondary N) is 2. The summed E-state index contributed by atoms with van der Waals surface area (Å²) >= 11 is 0. The molecule has 104 valence electrons. The van der Waals surface area contributed by atoms with Gasteiger partial charge in [0.25, 0.3) is 0 Å². The number of carbonyl (C=O) groups excluding carboxylic acids is 1. The molecule has 0 saturated carbocycles. The number of anilines is 1. The van der Waals surface area contributed by atoms with Crippen molar-refractivity contribution >= 4 is 17.7 Å². The number of rotatable bonds is 5. The van der Waals surface area contributed by atoms with Crippen LogP contribution >= 0.6 is 0 Å². The van der Waals surface area contributed by atoms with Gasteiger partial charge in [-0.2, -0.15) is 0 Å². The van der Waals surface area contributed by atoms with E-state index in [0.29, 0.717) is 5.69 Å². The molecule has 0 aliphatic heterocycles. The van der Waals surface area contributed by atoms with Gasteiger partial charge in [-0.25, -0.2) is 15.1 Å². The molecule has 0 saturated heterocycles. The average Bonchev–Trinajstić information content (AvgIpc) is 2.30. The minimum Gasteiger partial charge on any atom is -0.479 e. The van der Waals surface area contributed by atoms with Crippen LogP contribution in [0.4, 0.5) is 10.5 Å². The number of benzene rings is 1. The van der Waals surface area contributed by atoms with Crippen LogP contribution in [0.3, 0.4) is 0 Å². The zero-order valence-electron chi connectivity index (χ0n) is 11.2. The number of hydroxylamine groups is 1. The number of hydrogen-bond acceptors (Lipinski definition) is 3. The van der Waals surface area contributed by atoms with Gasteiger partial charge in [0.15, 0.2) is 6.61 Å². The highest BCUT2D eigenvalue weighted by atomic mass is 16.7. The minimum atomic E-state index is -1.15. The summed E-state index contributed by atoms with van der Waals surface area (Å²) in [5, 5.41) is 11.0. The largest absolute Gasteiger partial charge is 0.479 e. The molecule has 0 heterocycles. The summed E-state index contributed by atoms with van der Waals surface area (Å²) < 4.78 is 0. The lowest BCUT2D eigenvalue weighted by atomic mass is 9.98. The molecule has 1 rings (SSSR count). The Kier molecular flexibility index (Phi) is 5.32. The Hall–Kier alpha value is -2.08. The number of para-hydroxylation sites is 1. The molecular weight excluding hydrogens is 248 g/mol. The predicted octanol–water partition coefficient (Wildman–Crippen LogP) is 2.26. The van der Waals surface area contributed by atoms with E-state index in [1.54, 1.807) is 0 Å². The Morgan fingerprint density at radius 3 is 2.63 bits per heavy atom. The number of carbonyl (C=O) groups is 2. The summed E-state index contributed by atoms with van der Waals surface area (Å²) in [6.07, 6.45) is 0. The third kappa shape index (κ3) is 4.59. The van der Waals surface area contributed by atoms with Crippen molar-refractivity contribution in [3.05, 3.63) is 29.3 Å². The molecule has 0 radical (unpaired) electrons. The van der Waals surface area contributed by atoms with Crippen molar-refractivity contribution < 1.29 is 19.5 Å². The molecule has 19 heavy (non-hydrogen) atoms. The predicted molar refractivity (Wildman–Crippen MR) is 71.0 cm³/mol. The fourth-order valence-corrected chi connectivity index (χ4v) is 1.64. The van der Waals surface area contributed by atoms with Crippen molar-refractivity contribution in [1.29, 1.82) is 0 Å². The van der Waals surface area contributed by atoms with E-state index < -0.39 is 18.6 Å². The van der Waals surface area contributed by atoms with Crippen molar-refractivity contribution in [3.63, 3.8) is 0 Å². The van der Waals surface area contributed by atoms with Gasteiger partial charge in [-0.3, -0.25) is 4.84 Å². The van der Waals surface area contributed by atoms with E-state index in [0.717, 1.165) is 11.1 Å². The highest BCUT2D eigenvalue weighted by molar-refractivity contribution is 5.90. The maximum absolute atomic E-state index is 11.6. The number of aliphatic carboxylic acids is 1. The summed E-state index contributed by atoms with van der Waals surface area (Å²) in [6.45, 7) is 5.36. The van der Waals surface area contributed by atoms with Crippen LogP contribution in [0.5, 0.6) is 0 Å². The fourth-order valence-electron chi connectivity index (χ4n) is 1.64. The van der Waals surface area contributed by atoms with Crippen molar-refractivity contribution in [2.24, 2.45) is 0 Å². The molecule has 0 atom stereocenters. The zero-order valence-corrected chi connectivity index (χ0v) is 11.2. The molecule has 1 aromatic carbocycles. The van der Waals surface area contributed by atoms with E-state index in [1.165, 1.54) is 0 Å². The van der Waals surface area contributed by atoms with E-state index >= 15 is 0 Å². The summed E-state index contributed by atoms with van der Waals surface area (Å²) in [4.78, 5) is 26.3. The summed E-state index contributed by atoms with van der Waals surface area (Å²) in [5.41, 5.74) is 4.68. The quantitative estimate of drug-likeness (QED) is 0.713. The lowest BCUT2D eigenvalue weighted by Gasteiger charge is -2.16. The van der Waals surface area contributed by atoms with Crippen LogP contribution in [0.25, 0.3) is 0 Å². The summed E-state index contributed by atoms with van der Waals surface area (Å²) in [5.74, 6) is -0.894. The Morgan fingerprint density at radius 1 is 1.37 bits per heavy atom. The smallest absolute Gasteiger partial charge is 0.343 e. The molecule has 1 aromatic rings. The molecule has 0 fully saturated rings. The molecule has 0 bridgehead atoms. The molecule has 2 amide bonds. The number of amides is 2. The Balaban J connectivity index is 2.71. The molecule has 0 aliphatic rings. The van der Waals surface area contributed by atoms with E-state index in [-0.39, 0.29) is 5.92 Å². The van der Waals surface area contributed by atoms with Gasteiger partial charge in [-0.05, 0) is 24.0 Å². The van der Waals surface area contributed by atoms with Gasteiger partial charge < -0.3 is 10.4 Å². The lowest BCUT2D eigenvalue weighted by Crippen LogP contribution is -2.31. The maximum Gasteiger partial charge on any atom is 0.343 e. The molecule has 0 unspecified atom stereocenters. The Bertz CT molecular complexity index is 472. The first-order valence-corrected chi connectivity index (χ1v) is 5.92. The van der Waals surface area contributed by atoms with Crippen LogP contribution in [0.1, 0.15) is 30.9 Å². The topological polar surface area (TPSA) is 87.7 Å². The lowest BCUT2D eigenvalue weighted by molar-refractivity contribution is -0.143. The van der Waals surface area contributed by atoms with E-state index in [9.17, 15) is 9.59 Å². The van der Waals surface area contributed by atoms with Crippen LogP contribution in [0.15, 0.2) is 18.2 Å². The first-order valence-electron chi connectivity index (χ1n) is 5.92. The van der Waals surface area contributed by atoms with E-state index in [4.69, 9.17) is 5.11 Å². The van der Waals surface area contributed by atoms with Crippen molar-refractivity contribution in [1.82, 2.24) is 5.48 Å². The monoisotopic (exact) mass is 266 g/mol. The molecule has 0 aromatic heterocycles. The van der Waals surface area contributed by atoms with Gasteiger partial charge >= 0.3 is 12.0 Å². The van der Waals surface area contributed by atoms with Crippen LogP contribution < -0.4 is 10.8 Å². The van der Waals surface area contributed by atoms with Crippen LogP contribution in [0, 0.1) is 6.92 Å². The van der Waals surface area contributed by atoms with Gasteiger partial charge in [0.1, 0.15) is 0 Å². The van der Waals surface area contributed by atoms with Gasteiger partial charge in [0.2, 0.25) is 0 Å². The number of hydrogen-bond donors (Lipinski definition) is 3. The number of urea groups is 1. The molecule has 0 aliphatic carbocycles. The summed E-state index contributed by atoms with van der Waals surface area (Å²) in [6, 6.07) is 5.15. The third-order valence-corrected chi connectivity index (χ3v) is 2.53. The Labute approximate surface area is 111 Å². The van der Waals surface area contributed by atoms with Crippen molar-refractivity contribution in [2.75, 3.05) is 11.9 Å². The molecule has 3 N–H and O–H groups in total. The Morgan fingerprint density at radius 2 is 2.05 bits per heavy atom.